The van der Waals surface area contributed by atoms with Crippen molar-refractivity contribution in [2.45, 2.75) is 13.5 Å². The van der Waals surface area contributed by atoms with Crippen molar-refractivity contribution in [3.8, 4) is 0 Å². The quantitative estimate of drug-likeness (QED) is 0.871. The van der Waals surface area contributed by atoms with Crippen LogP contribution in [0.3, 0.4) is 0 Å². The normalized spacial score (nSPS) is 10.5. The molecule has 0 radical (unpaired) electrons. The second-order valence-electron chi connectivity index (χ2n) is 3.97. The van der Waals surface area contributed by atoms with E-state index in [1.165, 1.54) is 17.4 Å². The Morgan fingerprint density at radius 2 is 2.21 bits per heavy atom. The number of thiophene rings is 1. The van der Waals surface area contributed by atoms with E-state index in [0.717, 1.165) is 14.9 Å². The number of carboxylic acid groups (broad SMARTS) is 1. The standard InChI is InChI=1S/C13H11BrFNO2S/c1-7-8(4-12(19-7)13(17)18)6-16-11-5-9(14)2-3-10(11)15/h2-5,16H,6H2,1H3,(H,17,18). The van der Waals surface area contributed by atoms with E-state index in [1.54, 1.807) is 18.2 Å². The van der Waals surface area contributed by atoms with Gasteiger partial charge in [-0.2, -0.15) is 0 Å². The van der Waals surface area contributed by atoms with Gasteiger partial charge < -0.3 is 10.4 Å². The summed E-state index contributed by atoms with van der Waals surface area (Å²) in [5, 5.41) is 11.9. The lowest BCUT2D eigenvalue weighted by Crippen LogP contribution is -2.01. The van der Waals surface area contributed by atoms with Crippen molar-refractivity contribution >= 4 is 38.9 Å². The van der Waals surface area contributed by atoms with Crippen LogP contribution in [0.2, 0.25) is 0 Å². The Morgan fingerprint density at radius 3 is 2.84 bits per heavy atom. The van der Waals surface area contributed by atoms with Crippen molar-refractivity contribution in [2.75, 3.05) is 5.32 Å². The van der Waals surface area contributed by atoms with Gasteiger partial charge in [0.1, 0.15) is 10.7 Å². The second kappa shape index (κ2) is 5.71. The minimum Gasteiger partial charge on any atom is -0.477 e. The van der Waals surface area contributed by atoms with Crippen LogP contribution in [-0.2, 0) is 6.54 Å². The first-order chi connectivity index (χ1) is 8.97. The highest BCUT2D eigenvalue weighted by atomic mass is 79.9. The van der Waals surface area contributed by atoms with Crippen LogP contribution in [0.1, 0.15) is 20.1 Å². The van der Waals surface area contributed by atoms with Crippen LogP contribution in [0.25, 0.3) is 0 Å². The highest BCUT2D eigenvalue weighted by Crippen LogP contribution is 2.24. The molecule has 1 heterocycles. The van der Waals surface area contributed by atoms with E-state index in [-0.39, 0.29) is 5.82 Å². The fourth-order valence-corrected chi connectivity index (χ4v) is 2.87. The van der Waals surface area contributed by atoms with Gasteiger partial charge in [0, 0.05) is 15.9 Å². The van der Waals surface area contributed by atoms with Gasteiger partial charge in [-0.15, -0.1) is 11.3 Å². The van der Waals surface area contributed by atoms with Gasteiger partial charge in [0.25, 0.3) is 0 Å². The molecular weight excluding hydrogens is 333 g/mol. The van der Waals surface area contributed by atoms with Crippen LogP contribution in [0.4, 0.5) is 10.1 Å². The Balaban J connectivity index is 2.14. The fourth-order valence-electron chi connectivity index (χ4n) is 1.62. The van der Waals surface area contributed by atoms with Gasteiger partial charge in [0.15, 0.2) is 0 Å². The first-order valence-corrected chi connectivity index (χ1v) is 7.10. The third kappa shape index (κ3) is 3.33. The van der Waals surface area contributed by atoms with Gasteiger partial charge in [-0.25, -0.2) is 9.18 Å². The molecule has 1 aromatic carbocycles. The number of hydrogen-bond donors (Lipinski definition) is 2. The molecule has 0 saturated carbocycles. The molecule has 1 aromatic heterocycles. The predicted molar refractivity (Wildman–Crippen MR) is 77.4 cm³/mol. The Bertz CT molecular complexity index is 627. The third-order valence-electron chi connectivity index (χ3n) is 2.63. The second-order valence-corrected chi connectivity index (χ2v) is 6.15. The smallest absolute Gasteiger partial charge is 0.345 e. The molecule has 3 nitrogen and oxygen atoms in total. The van der Waals surface area contributed by atoms with Crippen molar-refractivity contribution in [2.24, 2.45) is 0 Å². The number of carbonyl (C=O) groups is 1. The summed E-state index contributed by atoms with van der Waals surface area (Å²) in [7, 11) is 0. The predicted octanol–water partition coefficient (Wildman–Crippen LogP) is 4.27. The molecule has 19 heavy (non-hydrogen) atoms. The van der Waals surface area contributed by atoms with Crippen LogP contribution < -0.4 is 5.32 Å². The third-order valence-corrected chi connectivity index (χ3v) is 4.20. The van der Waals surface area contributed by atoms with E-state index < -0.39 is 5.97 Å². The van der Waals surface area contributed by atoms with Crippen molar-refractivity contribution in [1.82, 2.24) is 0 Å². The first-order valence-electron chi connectivity index (χ1n) is 5.49. The molecule has 0 atom stereocenters. The fraction of sp³-hybridized carbons (Fsp3) is 0.154. The molecule has 2 N–H and O–H groups in total. The van der Waals surface area contributed by atoms with E-state index in [0.29, 0.717) is 17.1 Å². The van der Waals surface area contributed by atoms with Crippen LogP contribution in [0, 0.1) is 12.7 Å². The zero-order chi connectivity index (χ0) is 14.0. The summed E-state index contributed by atoms with van der Waals surface area (Å²) >= 11 is 4.50. The summed E-state index contributed by atoms with van der Waals surface area (Å²) < 4.78 is 14.3. The summed E-state index contributed by atoms with van der Waals surface area (Å²) in [6, 6.07) is 6.26. The lowest BCUT2D eigenvalue weighted by molar-refractivity contribution is 0.0702. The monoisotopic (exact) mass is 343 g/mol. The molecule has 0 bridgehead atoms. The van der Waals surface area contributed by atoms with Gasteiger partial charge in [0.05, 0.1) is 5.69 Å². The molecule has 6 heteroatoms. The molecule has 0 spiro atoms. The van der Waals surface area contributed by atoms with E-state index in [9.17, 15) is 9.18 Å². The van der Waals surface area contributed by atoms with E-state index >= 15 is 0 Å². The average Bonchev–Trinajstić information content (AvgIpc) is 2.72. The first kappa shape index (κ1) is 14.0. The Labute approximate surface area is 122 Å². The molecule has 0 aliphatic heterocycles. The van der Waals surface area contributed by atoms with Crippen molar-refractivity contribution in [3.05, 3.63) is 49.9 Å². The number of hydrogen-bond acceptors (Lipinski definition) is 3. The van der Waals surface area contributed by atoms with E-state index in [2.05, 4.69) is 21.2 Å². The number of anilines is 1. The molecular formula is C13H11BrFNO2S. The molecule has 2 rings (SSSR count). The summed E-state index contributed by atoms with van der Waals surface area (Å²) in [5.41, 5.74) is 1.25. The number of rotatable bonds is 4. The minimum atomic E-state index is -0.937. The number of aryl methyl sites for hydroxylation is 1. The van der Waals surface area contributed by atoms with Crippen LogP contribution >= 0.6 is 27.3 Å². The summed E-state index contributed by atoms with van der Waals surface area (Å²) in [4.78, 5) is 12.1. The van der Waals surface area contributed by atoms with Gasteiger partial charge in [-0.3, -0.25) is 0 Å². The topological polar surface area (TPSA) is 49.3 Å². The van der Waals surface area contributed by atoms with Crippen LogP contribution in [-0.4, -0.2) is 11.1 Å². The molecule has 0 amide bonds. The van der Waals surface area contributed by atoms with Gasteiger partial charge in [-0.1, -0.05) is 15.9 Å². The summed E-state index contributed by atoms with van der Waals surface area (Å²) in [5.74, 6) is -1.28. The maximum Gasteiger partial charge on any atom is 0.345 e. The lowest BCUT2D eigenvalue weighted by atomic mass is 10.2. The molecule has 0 fully saturated rings. The molecule has 0 aliphatic carbocycles. The number of benzene rings is 1. The van der Waals surface area contributed by atoms with Crippen molar-refractivity contribution in [1.29, 1.82) is 0 Å². The minimum absolute atomic E-state index is 0.295. The molecule has 0 saturated heterocycles. The van der Waals surface area contributed by atoms with Crippen LogP contribution in [0.5, 0.6) is 0 Å². The number of halogens is 2. The summed E-state index contributed by atoms with van der Waals surface area (Å²) in [6.45, 7) is 2.24. The SMILES string of the molecule is Cc1sc(C(=O)O)cc1CNc1cc(Br)ccc1F. The van der Waals surface area contributed by atoms with Crippen molar-refractivity contribution in [3.63, 3.8) is 0 Å². The number of nitrogens with one attached hydrogen (secondary N) is 1. The largest absolute Gasteiger partial charge is 0.477 e. The molecule has 100 valence electrons. The Morgan fingerprint density at radius 1 is 1.47 bits per heavy atom. The summed E-state index contributed by atoms with van der Waals surface area (Å²) in [6.07, 6.45) is 0. The Hall–Kier alpha value is -1.40. The molecule has 2 aromatic rings. The Kier molecular flexibility index (Phi) is 4.21. The molecule has 0 aliphatic rings. The number of carboxylic acids is 1. The highest BCUT2D eigenvalue weighted by molar-refractivity contribution is 9.10. The average molecular weight is 344 g/mol. The zero-order valence-electron chi connectivity index (χ0n) is 10.0. The highest BCUT2D eigenvalue weighted by Gasteiger charge is 2.11. The van der Waals surface area contributed by atoms with E-state index in [4.69, 9.17) is 5.11 Å². The zero-order valence-corrected chi connectivity index (χ0v) is 12.4. The molecule has 0 unspecified atom stereocenters. The maximum absolute atomic E-state index is 13.5. The van der Waals surface area contributed by atoms with Gasteiger partial charge >= 0.3 is 5.97 Å². The van der Waals surface area contributed by atoms with E-state index in [1.807, 2.05) is 6.92 Å². The van der Waals surface area contributed by atoms with Crippen molar-refractivity contribution < 1.29 is 14.3 Å². The van der Waals surface area contributed by atoms with Gasteiger partial charge in [0.2, 0.25) is 0 Å². The lowest BCUT2D eigenvalue weighted by Gasteiger charge is -2.07. The van der Waals surface area contributed by atoms with Crippen LogP contribution in [0.15, 0.2) is 28.7 Å². The maximum atomic E-state index is 13.5. The number of aromatic carboxylic acids is 1. The van der Waals surface area contributed by atoms with Gasteiger partial charge in [-0.05, 0) is 36.8 Å².